The van der Waals surface area contributed by atoms with Crippen LogP contribution in [0.25, 0.3) is 11.0 Å². The molecule has 1 fully saturated rings. The molecule has 1 heterocycles. The molecular formula is C27H35N3O5. The number of aliphatic hydroxyl groups excluding tert-OH is 1. The Kier molecular flexibility index (Phi) is 7.62. The minimum absolute atomic E-state index is 0.105. The van der Waals surface area contributed by atoms with Gasteiger partial charge in [-0.05, 0) is 75.9 Å². The van der Waals surface area contributed by atoms with Crippen LogP contribution in [0.15, 0.2) is 36.4 Å². The van der Waals surface area contributed by atoms with Crippen LogP contribution in [0.4, 0.5) is 0 Å². The number of carboxylic acid groups (broad SMARTS) is 1. The number of aromatic nitrogens is 2. The first-order valence-corrected chi connectivity index (χ1v) is 12.3. The van der Waals surface area contributed by atoms with E-state index in [0.29, 0.717) is 41.9 Å². The van der Waals surface area contributed by atoms with E-state index in [2.05, 4.69) is 12.2 Å². The van der Waals surface area contributed by atoms with Gasteiger partial charge >= 0.3 is 5.97 Å². The summed E-state index contributed by atoms with van der Waals surface area (Å²) in [5, 5.41) is 35.1. The van der Waals surface area contributed by atoms with Crippen molar-refractivity contribution in [2.45, 2.75) is 63.6 Å². The quantitative estimate of drug-likeness (QED) is 0.362. The van der Waals surface area contributed by atoms with E-state index in [0.717, 1.165) is 30.3 Å². The molecule has 35 heavy (non-hydrogen) atoms. The van der Waals surface area contributed by atoms with Crippen molar-refractivity contribution in [2.24, 2.45) is 5.92 Å². The summed E-state index contributed by atoms with van der Waals surface area (Å²) < 4.78 is 7.27. The Bertz CT molecular complexity index is 1170. The van der Waals surface area contributed by atoms with Crippen molar-refractivity contribution in [1.82, 2.24) is 14.9 Å². The summed E-state index contributed by atoms with van der Waals surface area (Å²) >= 11 is 0. The first-order valence-electron chi connectivity index (χ1n) is 12.3. The van der Waals surface area contributed by atoms with Crippen LogP contribution in [0.1, 0.15) is 68.1 Å². The first kappa shape index (κ1) is 25.0. The van der Waals surface area contributed by atoms with E-state index in [-0.39, 0.29) is 17.8 Å². The lowest BCUT2D eigenvalue weighted by Crippen LogP contribution is -2.26. The fraction of sp³-hybridized carbons (Fsp3) is 0.481. The van der Waals surface area contributed by atoms with Gasteiger partial charge in [0.2, 0.25) is 0 Å². The van der Waals surface area contributed by atoms with Crippen LogP contribution in [0.2, 0.25) is 0 Å². The summed E-state index contributed by atoms with van der Waals surface area (Å²) in [5.41, 5.74) is 2.89. The largest absolute Gasteiger partial charge is 0.508 e. The van der Waals surface area contributed by atoms with Crippen LogP contribution in [0, 0.1) is 5.92 Å². The number of rotatable bonds is 9. The predicted molar refractivity (Wildman–Crippen MR) is 134 cm³/mol. The van der Waals surface area contributed by atoms with Crippen LogP contribution in [-0.4, -0.2) is 51.0 Å². The maximum absolute atomic E-state index is 11.8. The number of aliphatic carboxylic acids is 1. The van der Waals surface area contributed by atoms with Crippen LogP contribution in [0.3, 0.4) is 0 Å². The Hall–Kier alpha value is -3.10. The number of methoxy groups -OCH3 is 1. The standard InChI is InChI=1S/C27H35N3O5/c1-16(28-2)7-12-21-23(31)14-13-22-24(21)29-26(25(32)17-8-10-20(35-3)11-9-17)30(22)19-6-4-5-18(15-19)27(33)34/h8-11,13-14,16,18-19,25,28,31-32H,4-7,12,15H2,1-3H3,(H,33,34). The number of aromatic hydroxyl groups is 1. The van der Waals surface area contributed by atoms with Crippen LogP contribution in [0.5, 0.6) is 11.5 Å². The Morgan fingerprint density at radius 2 is 1.97 bits per heavy atom. The van der Waals surface area contributed by atoms with Crippen molar-refractivity contribution in [2.75, 3.05) is 14.2 Å². The number of nitrogens with one attached hydrogen (secondary N) is 1. The molecule has 4 rings (SSSR count). The van der Waals surface area contributed by atoms with Crippen LogP contribution >= 0.6 is 0 Å². The van der Waals surface area contributed by atoms with Crippen molar-refractivity contribution < 1.29 is 24.9 Å². The molecule has 0 radical (unpaired) electrons. The van der Waals surface area contributed by atoms with Gasteiger partial charge in [0.25, 0.3) is 0 Å². The molecular weight excluding hydrogens is 446 g/mol. The lowest BCUT2D eigenvalue weighted by Gasteiger charge is -2.30. The van der Waals surface area contributed by atoms with Crippen molar-refractivity contribution in [3.63, 3.8) is 0 Å². The highest BCUT2D eigenvalue weighted by molar-refractivity contribution is 5.82. The van der Waals surface area contributed by atoms with Gasteiger partial charge in [0.1, 0.15) is 23.4 Å². The number of carbonyl (C=O) groups is 1. The van der Waals surface area contributed by atoms with Crippen LogP contribution < -0.4 is 10.1 Å². The highest BCUT2D eigenvalue weighted by Gasteiger charge is 2.32. The number of hydrogen-bond acceptors (Lipinski definition) is 6. The topological polar surface area (TPSA) is 117 Å². The average molecular weight is 482 g/mol. The maximum atomic E-state index is 11.8. The summed E-state index contributed by atoms with van der Waals surface area (Å²) in [6, 6.07) is 10.9. The zero-order valence-electron chi connectivity index (χ0n) is 20.6. The van der Waals surface area contributed by atoms with Crippen molar-refractivity contribution in [3.05, 3.63) is 53.3 Å². The number of ether oxygens (including phenoxy) is 1. The van der Waals surface area contributed by atoms with E-state index < -0.39 is 18.0 Å². The fourth-order valence-electron chi connectivity index (χ4n) is 5.11. The van der Waals surface area contributed by atoms with Gasteiger partial charge in [-0.2, -0.15) is 0 Å². The average Bonchev–Trinajstić information content (AvgIpc) is 3.27. The van der Waals surface area contributed by atoms with E-state index in [1.807, 2.05) is 17.7 Å². The summed E-state index contributed by atoms with van der Waals surface area (Å²) in [7, 11) is 3.50. The number of benzene rings is 2. The van der Waals surface area contributed by atoms with Crippen LogP contribution in [-0.2, 0) is 11.2 Å². The molecule has 0 saturated heterocycles. The molecule has 4 unspecified atom stereocenters. The summed E-state index contributed by atoms with van der Waals surface area (Å²) in [6.07, 6.45) is 3.18. The highest BCUT2D eigenvalue weighted by atomic mass is 16.5. The van der Waals surface area contributed by atoms with Crippen molar-refractivity contribution >= 4 is 17.0 Å². The van der Waals surface area contributed by atoms with Gasteiger partial charge < -0.3 is 29.9 Å². The normalized spacial score (nSPS) is 20.0. The molecule has 4 N–H and O–H groups in total. The minimum Gasteiger partial charge on any atom is -0.508 e. The highest BCUT2D eigenvalue weighted by Crippen LogP contribution is 2.40. The number of hydrogen-bond donors (Lipinski definition) is 4. The minimum atomic E-state index is -1.01. The molecule has 188 valence electrons. The summed E-state index contributed by atoms with van der Waals surface area (Å²) in [4.78, 5) is 16.7. The van der Waals surface area contributed by atoms with Gasteiger partial charge in [0, 0.05) is 17.6 Å². The molecule has 0 aliphatic heterocycles. The predicted octanol–water partition coefficient (Wildman–Crippen LogP) is 4.19. The Labute approximate surface area is 205 Å². The first-order chi connectivity index (χ1) is 16.8. The molecule has 8 nitrogen and oxygen atoms in total. The Balaban J connectivity index is 1.84. The number of carboxylic acids is 1. The molecule has 3 aromatic rings. The smallest absolute Gasteiger partial charge is 0.306 e. The zero-order chi connectivity index (χ0) is 25.1. The molecule has 4 atom stereocenters. The summed E-state index contributed by atoms with van der Waals surface area (Å²) in [6.45, 7) is 2.09. The number of aliphatic hydroxyl groups is 1. The Morgan fingerprint density at radius 1 is 1.23 bits per heavy atom. The number of nitrogens with zero attached hydrogens (tertiary/aromatic N) is 2. The van der Waals surface area contributed by atoms with Crippen molar-refractivity contribution in [3.8, 4) is 11.5 Å². The van der Waals surface area contributed by atoms with Gasteiger partial charge in [-0.25, -0.2) is 4.98 Å². The van der Waals surface area contributed by atoms with Gasteiger partial charge in [-0.1, -0.05) is 18.6 Å². The van der Waals surface area contributed by atoms with E-state index >= 15 is 0 Å². The van der Waals surface area contributed by atoms with Crippen molar-refractivity contribution in [1.29, 1.82) is 0 Å². The van der Waals surface area contributed by atoms with Gasteiger partial charge in [0.15, 0.2) is 0 Å². The molecule has 2 aromatic carbocycles. The number of phenolic OH excluding ortho intramolecular Hbond substituents is 1. The van der Waals surface area contributed by atoms with Gasteiger partial charge in [-0.3, -0.25) is 4.79 Å². The molecule has 0 spiro atoms. The molecule has 8 heteroatoms. The fourth-order valence-corrected chi connectivity index (χ4v) is 5.11. The third-order valence-corrected chi connectivity index (χ3v) is 7.33. The number of aryl methyl sites for hydroxylation is 1. The third-order valence-electron chi connectivity index (χ3n) is 7.33. The molecule has 0 amide bonds. The maximum Gasteiger partial charge on any atom is 0.306 e. The molecule has 1 aliphatic carbocycles. The monoisotopic (exact) mass is 481 g/mol. The molecule has 1 saturated carbocycles. The van der Waals surface area contributed by atoms with E-state index in [1.54, 1.807) is 37.4 Å². The second kappa shape index (κ2) is 10.7. The molecule has 1 aliphatic rings. The van der Waals surface area contributed by atoms with Gasteiger partial charge in [0.05, 0.1) is 24.1 Å². The Morgan fingerprint density at radius 3 is 2.63 bits per heavy atom. The zero-order valence-corrected chi connectivity index (χ0v) is 20.6. The lowest BCUT2D eigenvalue weighted by molar-refractivity contribution is -0.143. The molecule has 1 aromatic heterocycles. The van der Waals surface area contributed by atoms with E-state index in [9.17, 15) is 20.1 Å². The second-order valence-corrected chi connectivity index (χ2v) is 9.53. The lowest BCUT2D eigenvalue weighted by atomic mass is 9.85. The van der Waals surface area contributed by atoms with E-state index in [4.69, 9.17) is 9.72 Å². The number of imidazole rings is 1. The number of fused-ring (bicyclic) bond motifs is 1. The van der Waals surface area contributed by atoms with Gasteiger partial charge in [-0.15, -0.1) is 0 Å². The third kappa shape index (κ3) is 5.13. The number of phenols is 1. The second-order valence-electron chi connectivity index (χ2n) is 9.53. The van der Waals surface area contributed by atoms with E-state index in [1.165, 1.54) is 0 Å². The SMILES string of the molecule is CNC(C)CCc1c(O)ccc2c1nc(C(O)c1ccc(OC)cc1)n2C1CCCC(C(=O)O)C1. The summed E-state index contributed by atoms with van der Waals surface area (Å²) in [5.74, 6) is 0.135. The molecule has 0 bridgehead atoms.